The Morgan fingerprint density at radius 2 is 2.20 bits per heavy atom. The van der Waals surface area contributed by atoms with Crippen molar-refractivity contribution in [2.75, 3.05) is 13.1 Å². The molecule has 0 N–H and O–H groups in total. The molecule has 1 atom stereocenters. The van der Waals surface area contributed by atoms with E-state index >= 15 is 0 Å². The zero-order chi connectivity index (χ0) is 16.7. The number of nitrogens with zero attached hydrogens (tertiary/aromatic N) is 7. The number of likely N-dealkylation sites (tertiary alicyclic amines) is 1. The number of fused-ring (bicyclic) bond motifs is 1. The number of ether oxygens (including phenoxy) is 1. The Kier molecular flexibility index (Phi) is 3.65. The Hall–Kier alpha value is -2.10. The van der Waals surface area contributed by atoms with E-state index in [-0.39, 0.29) is 5.60 Å². The zero-order valence-corrected chi connectivity index (χ0v) is 14.6. The van der Waals surface area contributed by atoms with Crippen molar-refractivity contribution in [2.45, 2.75) is 38.3 Å². The first kappa shape index (κ1) is 15.2. The van der Waals surface area contributed by atoms with Gasteiger partial charge >= 0.3 is 0 Å². The lowest BCUT2D eigenvalue weighted by Crippen LogP contribution is -2.44. The number of rotatable bonds is 4. The molecular formula is C16H19N7OS. The van der Waals surface area contributed by atoms with E-state index in [0.717, 1.165) is 44.2 Å². The summed E-state index contributed by atoms with van der Waals surface area (Å²) in [6.45, 7) is 4.89. The summed E-state index contributed by atoms with van der Waals surface area (Å²) in [5.74, 6) is 1.88. The molecule has 9 heteroatoms. The van der Waals surface area contributed by atoms with Crippen LogP contribution in [-0.2, 0) is 31.0 Å². The monoisotopic (exact) mass is 357 g/mol. The fourth-order valence-corrected chi connectivity index (χ4v) is 4.36. The molecule has 0 aliphatic carbocycles. The first-order chi connectivity index (χ1) is 12.3. The van der Waals surface area contributed by atoms with Crippen molar-refractivity contribution in [1.82, 2.24) is 34.2 Å². The number of aromatic nitrogens is 6. The van der Waals surface area contributed by atoms with Crippen LogP contribution < -0.4 is 0 Å². The van der Waals surface area contributed by atoms with E-state index in [2.05, 4.69) is 29.6 Å². The average Bonchev–Trinajstić information content (AvgIpc) is 3.39. The van der Waals surface area contributed by atoms with Gasteiger partial charge in [-0.2, -0.15) is 0 Å². The summed E-state index contributed by atoms with van der Waals surface area (Å²) < 4.78 is 10.5. The van der Waals surface area contributed by atoms with Crippen LogP contribution in [0, 0.1) is 0 Å². The fourth-order valence-electron chi connectivity index (χ4n) is 3.71. The zero-order valence-electron chi connectivity index (χ0n) is 13.8. The van der Waals surface area contributed by atoms with Crippen molar-refractivity contribution in [3.05, 3.63) is 47.0 Å². The summed E-state index contributed by atoms with van der Waals surface area (Å²) in [6.07, 6.45) is 8.44. The molecule has 0 amide bonds. The van der Waals surface area contributed by atoms with Gasteiger partial charge in [-0.1, -0.05) is 0 Å². The maximum absolute atomic E-state index is 6.25. The van der Waals surface area contributed by atoms with Crippen molar-refractivity contribution in [3.63, 3.8) is 0 Å². The van der Waals surface area contributed by atoms with Gasteiger partial charge in [0.05, 0.1) is 26.0 Å². The molecule has 5 heterocycles. The smallest absolute Gasteiger partial charge is 0.159 e. The van der Waals surface area contributed by atoms with Crippen LogP contribution >= 0.6 is 11.3 Å². The van der Waals surface area contributed by atoms with Gasteiger partial charge in [0, 0.05) is 37.1 Å². The van der Waals surface area contributed by atoms with Crippen LogP contribution in [0.5, 0.6) is 0 Å². The van der Waals surface area contributed by atoms with Gasteiger partial charge in [-0.25, -0.2) is 9.97 Å². The topological polar surface area (TPSA) is 73.9 Å². The summed E-state index contributed by atoms with van der Waals surface area (Å²) in [6, 6.07) is 0. The molecule has 8 nitrogen and oxygen atoms in total. The van der Waals surface area contributed by atoms with Gasteiger partial charge in [-0.3, -0.25) is 4.90 Å². The van der Waals surface area contributed by atoms with Crippen LogP contribution in [0.1, 0.15) is 23.1 Å². The highest BCUT2D eigenvalue weighted by atomic mass is 32.1. The SMILES string of the molecule is c1cn(Cc2nnc3n2CC2(CCN(Cc4nccs4)C2)OC3)cn1. The molecule has 0 aromatic carbocycles. The highest BCUT2D eigenvalue weighted by Gasteiger charge is 2.43. The van der Waals surface area contributed by atoms with Crippen LogP contribution in [0.25, 0.3) is 0 Å². The lowest BCUT2D eigenvalue weighted by Gasteiger charge is -2.34. The van der Waals surface area contributed by atoms with Gasteiger partial charge in [0.1, 0.15) is 17.2 Å². The molecule has 2 aliphatic rings. The predicted octanol–water partition coefficient (Wildman–Crippen LogP) is 1.15. The average molecular weight is 357 g/mol. The molecule has 0 saturated carbocycles. The Labute approximate surface area is 149 Å². The van der Waals surface area contributed by atoms with E-state index in [0.29, 0.717) is 13.2 Å². The van der Waals surface area contributed by atoms with E-state index in [4.69, 9.17) is 4.74 Å². The van der Waals surface area contributed by atoms with E-state index in [1.54, 1.807) is 17.5 Å². The van der Waals surface area contributed by atoms with E-state index in [1.807, 2.05) is 28.7 Å². The molecule has 3 aromatic heterocycles. The minimum Gasteiger partial charge on any atom is -0.364 e. The maximum Gasteiger partial charge on any atom is 0.159 e. The largest absolute Gasteiger partial charge is 0.364 e. The first-order valence-electron chi connectivity index (χ1n) is 8.41. The first-order valence-corrected chi connectivity index (χ1v) is 9.29. The van der Waals surface area contributed by atoms with Gasteiger partial charge in [0.15, 0.2) is 11.6 Å². The third kappa shape index (κ3) is 2.88. The third-order valence-electron chi connectivity index (χ3n) is 4.98. The quantitative estimate of drug-likeness (QED) is 0.697. The minimum atomic E-state index is -0.143. The Bertz CT molecular complexity index is 844. The van der Waals surface area contributed by atoms with Gasteiger partial charge in [-0.05, 0) is 6.42 Å². The molecule has 130 valence electrons. The Morgan fingerprint density at radius 3 is 3.04 bits per heavy atom. The molecule has 1 fully saturated rings. The molecule has 0 bridgehead atoms. The summed E-state index contributed by atoms with van der Waals surface area (Å²) >= 11 is 1.71. The maximum atomic E-state index is 6.25. The van der Waals surface area contributed by atoms with Crippen LogP contribution in [0.3, 0.4) is 0 Å². The fraction of sp³-hybridized carbons (Fsp3) is 0.500. The molecular weight excluding hydrogens is 338 g/mol. The van der Waals surface area contributed by atoms with Crippen molar-refractivity contribution in [3.8, 4) is 0 Å². The van der Waals surface area contributed by atoms with Gasteiger partial charge in [0.25, 0.3) is 0 Å². The summed E-state index contributed by atoms with van der Waals surface area (Å²) in [5.41, 5.74) is -0.143. The molecule has 3 aromatic rings. The number of thiazole rings is 1. The van der Waals surface area contributed by atoms with E-state index in [9.17, 15) is 0 Å². The van der Waals surface area contributed by atoms with Crippen LogP contribution in [0.15, 0.2) is 30.3 Å². The molecule has 1 spiro atoms. The van der Waals surface area contributed by atoms with Gasteiger partial charge in [0.2, 0.25) is 0 Å². The van der Waals surface area contributed by atoms with Gasteiger partial charge < -0.3 is 13.9 Å². The van der Waals surface area contributed by atoms with Crippen LogP contribution in [0.4, 0.5) is 0 Å². The number of imidazole rings is 1. The van der Waals surface area contributed by atoms with Crippen molar-refractivity contribution in [2.24, 2.45) is 0 Å². The van der Waals surface area contributed by atoms with Gasteiger partial charge in [-0.15, -0.1) is 21.5 Å². The summed E-state index contributed by atoms with van der Waals surface area (Å²) in [7, 11) is 0. The molecule has 25 heavy (non-hydrogen) atoms. The molecule has 5 rings (SSSR count). The van der Waals surface area contributed by atoms with Crippen LogP contribution in [-0.4, -0.2) is 52.9 Å². The summed E-state index contributed by atoms with van der Waals surface area (Å²) in [4.78, 5) is 10.9. The second-order valence-electron chi connectivity index (χ2n) is 6.71. The predicted molar refractivity (Wildman–Crippen MR) is 90.9 cm³/mol. The molecule has 1 unspecified atom stereocenters. The van der Waals surface area contributed by atoms with E-state index in [1.165, 1.54) is 5.01 Å². The Balaban J connectivity index is 1.33. The molecule has 2 aliphatic heterocycles. The number of hydrogen-bond acceptors (Lipinski definition) is 7. The standard InChI is InChI=1S/C16H19N7OS/c1-4-21(8-15-18-3-6-25-15)10-16(1)11-23-13(7-22-5-2-17-12-22)19-20-14(23)9-24-16/h2-3,5-6,12H,1,4,7-11H2. The van der Waals surface area contributed by atoms with Crippen molar-refractivity contribution >= 4 is 11.3 Å². The second-order valence-corrected chi connectivity index (χ2v) is 7.69. The van der Waals surface area contributed by atoms with Crippen molar-refractivity contribution in [1.29, 1.82) is 0 Å². The highest BCUT2D eigenvalue weighted by Crippen LogP contribution is 2.33. The van der Waals surface area contributed by atoms with E-state index < -0.39 is 0 Å². The highest BCUT2D eigenvalue weighted by molar-refractivity contribution is 7.09. The lowest BCUT2D eigenvalue weighted by atomic mass is 10.0. The molecule has 1 saturated heterocycles. The minimum absolute atomic E-state index is 0.143. The second kappa shape index (κ2) is 6.01. The molecule has 0 radical (unpaired) electrons. The summed E-state index contributed by atoms with van der Waals surface area (Å²) in [5, 5.41) is 11.9. The lowest BCUT2D eigenvalue weighted by molar-refractivity contribution is -0.0831. The van der Waals surface area contributed by atoms with Crippen LogP contribution in [0.2, 0.25) is 0 Å². The normalized spacial score (nSPS) is 23.4. The Morgan fingerprint density at radius 1 is 1.20 bits per heavy atom. The third-order valence-corrected chi connectivity index (χ3v) is 5.74. The number of hydrogen-bond donors (Lipinski definition) is 0. The van der Waals surface area contributed by atoms with Crippen molar-refractivity contribution < 1.29 is 4.74 Å².